The van der Waals surface area contributed by atoms with E-state index in [2.05, 4.69) is 40.2 Å². The van der Waals surface area contributed by atoms with E-state index in [4.69, 9.17) is 0 Å². The first-order chi connectivity index (χ1) is 12.5. The fourth-order valence-electron chi connectivity index (χ4n) is 3.62. The summed E-state index contributed by atoms with van der Waals surface area (Å²) in [6.45, 7) is 7.03. The molecule has 3 rings (SSSR count). The molecule has 0 aliphatic carbocycles. The zero-order valence-corrected chi connectivity index (χ0v) is 16.0. The molecule has 0 radical (unpaired) electrons. The van der Waals surface area contributed by atoms with E-state index in [9.17, 15) is 4.79 Å². The minimum atomic E-state index is -0.0666. The van der Waals surface area contributed by atoms with Crippen molar-refractivity contribution in [3.8, 4) is 0 Å². The van der Waals surface area contributed by atoms with Crippen molar-refractivity contribution in [2.45, 2.75) is 39.2 Å². The third-order valence-electron chi connectivity index (χ3n) is 4.89. The first-order valence-corrected chi connectivity index (χ1v) is 9.49. The first kappa shape index (κ1) is 18.6. The number of pyridine rings is 1. The van der Waals surface area contributed by atoms with E-state index in [1.165, 1.54) is 12.8 Å². The average molecular weight is 355 g/mol. The average Bonchev–Trinajstić information content (AvgIpc) is 3.25. The number of nitrogens with zero attached hydrogens (tertiary/aromatic N) is 4. The van der Waals surface area contributed by atoms with Gasteiger partial charge in [0.25, 0.3) is 5.91 Å². The van der Waals surface area contributed by atoms with Crippen molar-refractivity contribution in [2.24, 2.45) is 13.0 Å². The number of hydrogen-bond acceptors (Lipinski definition) is 4. The molecule has 1 saturated heterocycles. The SMILES string of the molecule is CC(C)Cc1cc(C(=O)NC[C@H](c2cccnc2)N2CCCC2)n(C)n1. The molecule has 0 bridgehead atoms. The van der Waals surface area contributed by atoms with Crippen molar-refractivity contribution in [3.05, 3.63) is 47.5 Å². The molecule has 1 amide bonds. The lowest BCUT2D eigenvalue weighted by atomic mass is 10.1. The lowest BCUT2D eigenvalue weighted by Crippen LogP contribution is -2.37. The minimum Gasteiger partial charge on any atom is -0.349 e. The van der Waals surface area contributed by atoms with Crippen LogP contribution in [0.15, 0.2) is 30.6 Å². The van der Waals surface area contributed by atoms with E-state index >= 15 is 0 Å². The quantitative estimate of drug-likeness (QED) is 0.829. The molecule has 3 heterocycles. The van der Waals surface area contributed by atoms with E-state index < -0.39 is 0 Å². The Bertz CT molecular complexity index is 719. The molecule has 140 valence electrons. The molecule has 2 aromatic heterocycles. The molecule has 0 unspecified atom stereocenters. The number of amides is 1. The van der Waals surface area contributed by atoms with Crippen molar-refractivity contribution in [1.82, 2.24) is 25.0 Å². The van der Waals surface area contributed by atoms with Crippen molar-refractivity contribution < 1.29 is 4.79 Å². The minimum absolute atomic E-state index is 0.0666. The van der Waals surface area contributed by atoms with Crippen LogP contribution in [0.5, 0.6) is 0 Å². The van der Waals surface area contributed by atoms with Gasteiger partial charge in [0.2, 0.25) is 0 Å². The van der Waals surface area contributed by atoms with Crippen LogP contribution in [-0.4, -0.2) is 45.2 Å². The highest BCUT2D eigenvalue weighted by atomic mass is 16.2. The molecule has 1 N–H and O–H groups in total. The Kier molecular flexibility index (Phi) is 6.04. The maximum absolute atomic E-state index is 12.7. The van der Waals surface area contributed by atoms with Crippen molar-refractivity contribution >= 4 is 5.91 Å². The van der Waals surface area contributed by atoms with Crippen LogP contribution in [0.2, 0.25) is 0 Å². The van der Waals surface area contributed by atoms with Gasteiger partial charge in [0.1, 0.15) is 5.69 Å². The summed E-state index contributed by atoms with van der Waals surface area (Å²) in [7, 11) is 1.83. The summed E-state index contributed by atoms with van der Waals surface area (Å²) in [5.74, 6) is 0.453. The van der Waals surface area contributed by atoms with Crippen LogP contribution in [0.3, 0.4) is 0 Å². The number of nitrogens with one attached hydrogen (secondary N) is 1. The maximum atomic E-state index is 12.7. The second-order valence-electron chi connectivity index (χ2n) is 7.50. The summed E-state index contributed by atoms with van der Waals surface area (Å²) in [6, 6.07) is 6.12. The molecule has 1 aliphatic rings. The normalized spacial score (nSPS) is 16.2. The highest BCUT2D eigenvalue weighted by molar-refractivity contribution is 5.92. The smallest absolute Gasteiger partial charge is 0.269 e. The number of carbonyl (C=O) groups is 1. The maximum Gasteiger partial charge on any atom is 0.269 e. The zero-order valence-electron chi connectivity index (χ0n) is 16.0. The Morgan fingerprint density at radius 3 is 2.73 bits per heavy atom. The Balaban J connectivity index is 1.69. The standard InChI is InChI=1S/C20H29N5O/c1-15(2)11-17-12-18(24(3)23-17)20(26)22-14-19(25-9-4-5-10-25)16-7-6-8-21-13-16/h6-8,12-13,15,19H,4-5,9-11,14H2,1-3H3,(H,22,26)/t19-/m1/s1. The molecule has 6 nitrogen and oxygen atoms in total. The molecular formula is C20H29N5O. The molecule has 26 heavy (non-hydrogen) atoms. The predicted octanol–water partition coefficient (Wildman–Crippen LogP) is 2.58. The summed E-state index contributed by atoms with van der Waals surface area (Å²) in [5, 5.41) is 7.58. The number of aryl methyl sites for hydroxylation is 1. The van der Waals surface area contributed by atoms with E-state index in [0.717, 1.165) is 30.8 Å². The Morgan fingerprint density at radius 2 is 2.08 bits per heavy atom. The molecule has 6 heteroatoms. The van der Waals surface area contributed by atoms with Crippen LogP contribution in [0.1, 0.15) is 54.5 Å². The van der Waals surface area contributed by atoms with E-state index in [0.29, 0.717) is 18.2 Å². The summed E-state index contributed by atoms with van der Waals surface area (Å²) < 4.78 is 1.68. The zero-order chi connectivity index (χ0) is 18.5. The Morgan fingerprint density at radius 1 is 1.31 bits per heavy atom. The van der Waals surface area contributed by atoms with Gasteiger partial charge < -0.3 is 5.32 Å². The van der Waals surface area contributed by atoms with Crippen LogP contribution in [-0.2, 0) is 13.5 Å². The van der Waals surface area contributed by atoms with E-state index in [-0.39, 0.29) is 11.9 Å². The fourth-order valence-corrected chi connectivity index (χ4v) is 3.62. The largest absolute Gasteiger partial charge is 0.349 e. The first-order valence-electron chi connectivity index (χ1n) is 9.49. The number of aromatic nitrogens is 3. The number of carbonyl (C=O) groups excluding carboxylic acids is 1. The van der Waals surface area contributed by atoms with Crippen LogP contribution >= 0.6 is 0 Å². The van der Waals surface area contributed by atoms with Gasteiger partial charge in [-0.25, -0.2) is 0 Å². The summed E-state index contributed by atoms with van der Waals surface area (Å²) >= 11 is 0. The number of hydrogen-bond donors (Lipinski definition) is 1. The number of rotatable bonds is 7. The monoisotopic (exact) mass is 355 g/mol. The van der Waals surface area contributed by atoms with Crippen LogP contribution in [0.4, 0.5) is 0 Å². The molecule has 1 atom stereocenters. The second-order valence-corrected chi connectivity index (χ2v) is 7.50. The number of likely N-dealkylation sites (tertiary alicyclic amines) is 1. The summed E-state index contributed by atoms with van der Waals surface area (Å²) in [6.07, 6.45) is 7.00. The van der Waals surface area contributed by atoms with Gasteiger partial charge >= 0.3 is 0 Å². The van der Waals surface area contributed by atoms with Gasteiger partial charge in [-0.05, 0) is 56.0 Å². The Hall–Kier alpha value is -2.21. The fraction of sp³-hybridized carbons (Fsp3) is 0.550. The highest BCUT2D eigenvalue weighted by Crippen LogP contribution is 2.24. The van der Waals surface area contributed by atoms with Gasteiger partial charge in [-0.3, -0.25) is 19.4 Å². The molecule has 0 saturated carbocycles. The van der Waals surface area contributed by atoms with Crippen LogP contribution in [0.25, 0.3) is 0 Å². The summed E-state index contributed by atoms with van der Waals surface area (Å²) in [4.78, 5) is 19.4. The van der Waals surface area contributed by atoms with Gasteiger partial charge in [0.05, 0.1) is 11.7 Å². The molecule has 0 spiro atoms. The molecular weight excluding hydrogens is 326 g/mol. The van der Waals surface area contributed by atoms with E-state index in [1.54, 1.807) is 10.9 Å². The lowest BCUT2D eigenvalue weighted by molar-refractivity contribution is 0.0928. The van der Waals surface area contributed by atoms with E-state index in [1.807, 2.05) is 25.4 Å². The van der Waals surface area contributed by atoms with Gasteiger partial charge in [0.15, 0.2) is 0 Å². The lowest BCUT2D eigenvalue weighted by Gasteiger charge is -2.27. The molecule has 2 aromatic rings. The van der Waals surface area contributed by atoms with Crippen molar-refractivity contribution in [2.75, 3.05) is 19.6 Å². The van der Waals surface area contributed by atoms with Crippen molar-refractivity contribution in [3.63, 3.8) is 0 Å². The predicted molar refractivity (Wildman–Crippen MR) is 102 cm³/mol. The van der Waals surface area contributed by atoms with Gasteiger partial charge in [-0.2, -0.15) is 5.10 Å². The van der Waals surface area contributed by atoms with Crippen LogP contribution < -0.4 is 5.32 Å². The molecule has 1 fully saturated rings. The van der Waals surface area contributed by atoms with Gasteiger partial charge in [-0.15, -0.1) is 0 Å². The highest BCUT2D eigenvalue weighted by Gasteiger charge is 2.25. The van der Waals surface area contributed by atoms with Gasteiger partial charge in [-0.1, -0.05) is 19.9 Å². The third-order valence-corrected chi connectivity index (χ3v) is 4.89. The topological polar surface area (TPSA) is 63.1 Å². The van der Waals surface area contributed by atoms with Crippen LogP contribution in [0, 0.1) is 5.92 Å². The molecule has 1 aliphatic heterocycles. The second kappa shape index (κ2) is 8.45. The summed E-state index contributed by atoms with van der Waals surface area (Å²) in [5.41, 5.74) is 2.74. The molecule has 0 aromatic carbocycles. The third kappa shape index (κ3) is 4.49. The van der Waals surface area contributed by atoms with Crippen molar-refractivity contribution in [1.29, 1.82) is 0 Å². The Labute approximate surface area is 155 Å². The van der Waals surface area contributed by atoms with Gasteiger partial charge in [0, 0.05) is 26.0 Å².